The summed E-state index contributed by atoms with van der Waals surface area (Å²) in [6.07, 6.45) is 3.94. The molecule has 0 spiro atoms. The average molecular weight is 457 g/mol. The molecule has 1 saturated heterocycles. The topological polar surface area (TPSA) is 52.2 Å². The lowest BCUT2D eigenvalue weighted by molar-refractivity contribution is -0.131. The number of carbonyl (C=O) groups excluding carboxylic acids is 1. The van der Waals surface area contributed by atoms with Gasteiger partial charge in [0.1, 0.15) is 5.82 Å². The SMILES string of the molecule is Cc1ccc2[nH]c(-c3ccccn3)c(CCCC(=O)N3CCN(c4ccc(F)cc4)CC3)c2c1. The molecule has 5 nitrogen and oxygen atoms in total. The summed E-state index contributed by atoms with van der Waals surface area (Å²) in [5.41, 5.74) is 6.52. The summed E-state index contributed by atoms with van der Waals surface area (Å²) in [7, 11) is 0. The molecule has 0 radical (unpaired) electrons. The van der Waals surface area contributed by atoms with Crippen molar-refractivity contribution in [2.75, 3.05) is 31.1 Å². The van der Waals surface area contributed by atoms with Crippen molar-refractivity contribution in [3.63, 3.8) is 0 Å². The highest BCUT2D eigenvalue weighted by molar-refractivity contribution is 5.90. The maximum absolute atomic E-state index is 13.2. The van der Waals surface area contributed by atoms with Gasteiger partial charge in [-0.15, -0.1) is 0 Å². The van der Waals surface area contributed by atoms with Crippen LogP contribution in [0.3, 0.4) is 0 Å². The third-order valence-electron chi connectivity index (χ3n) is 6.62. The van der Waals surface area contributed by atoms with Crippen molar-refractivity contribution in [1.29, 1.82) is 0 Å². The van der Waals surface area contributed by atoms with Gasteiger partial charge in [0.25, 0.3) is 0 Å². The molecule has 1 amide bonds. The number of fused-ring (bicyclic) bond motifs is 1. The summed E-state index contributed by atoms with van der Waals surface area (Å²) in [5.74, 6) is -0.0247. The first-order valence-corrected chi connectivity index (χ1v) is 11.9. The fraction of sp³-hybridized carbons (Fsp3) is 0.286. The first-order chi connectivity index (χ1) is 16.6. The zero-order valence-corrected chi connectivity index (χ0v) is 19.4. The van der Waals surface area contributed by atoms with Crippen LogP contribution in [0.2, 0.25) is 0 Å². The zero-order chi connectivity index (χ0) is 23.5. The van der Waals surface area contributed by atoms with Gasteiger partial charge < -0.3 is 14.8 Å². The summed E-state index contributed by atoms with van der Waals surface area (Å²) >= 11 is 0. The van der Waals surface area contributed by atoms with Gasteiger partial charge in [-0.3, -0.25) is 9.78 Å². The van der Waals surface area contributed by atoms with Crippen LogP contribution in [0, 0.1) is 12.7 Å². The largest absolute Gasteiger partial charge is 0.368 e. The predicted molar refractivity (Wildman–Crippen MR) is 134 cm³/mol. The van der Waals surface area contributed by atoms with Crippen LogP contribution in [0.1, 0.15) is 24.0 Å². The van der Waals surface area contributed by atoms with Crippen LogP contribution in [0.15, 0.2) is 66.9 Å². The monoisotopic (exact) mass is 456 g/mol. The number of anilines is 1. The van der Waals surface area contributed by atoms with E-state index in [-0.39, 0.29) is 11.7 Å². The highest BCUT2D eigenvalue weighted by Gasteiger charge is 2.22. The zero-order valence-electron chi connectivity index (χ0n) is 19.4. The molecule has 0 atom stereocenters. The minimum absolute atomic E-state index is 0.203. The maximum Gasteiger partial charge on any atom is 0.222 e. The smallest absolute Gasteiger partial charge is 0.222 e. The number of halogens is 1. The number of aryl methyl sites for hydroxylation is 2. The number of aromatic nitrogens is 2. The highest BCUT2D eigenvalue weighted by atomic mass is 19.1. The van der Waals surface area contributed by atoms with Crippen LogP contribution in [0.5, 0.6) is 0 Å². The molecular weight excluding hydrogens is 427 g/mol. The molecule has 1 N–H and O–H groups in total. The molecule has 5 rings (SSSR count). The van der Waals surface area contributed by atoms with Crippen molar-refractivity contribution < 1.29 is 9.18 Å². The van der Waals surface area contributed by atoms with Gasteiger partial charge in [-0.2, -0.15) is 0 Å². The van der Waals surface area contributed by atoms with Crippen LogP contribution in [0.4, 0.5) is 10.1 Å². The molecule has 0 saturated carbocycles. The summed E-state index contributed by atoms with van der Waals surface area (Å²) in [6, 6.07) is 19.0. The van der Waals surface area contributed by atoms with E-state index < -0.39 is 0 Å². The molecule has 0 aliphatic carbocycles. The normalized spacial score (nSPS) is 14.1. The number of nitrogens with zero attached hydrogens (tertiary/aromatic N) is 3. The van der Waals surface area contributed by atoms with Crippen LogP contribution in [-0.4, -0.2) is 47.0 Å². The van der Waals surface area contributed by atoms with Crippen LogP contribution >= 0.6 is 0 Å². The third kappa shape index (κ3) is 4.67. The quantitative estimate of drug-likeness (QED) is 0.426. The Balaban J connectivity index is 1.23. The number of aromatic amines is 1. The number of carbonyl (C=O) groups is 1. The lowest BCUT2D eigenvalue weighted by atomic mass is 10.0. The number of benzene rings is 2. The van der Waals surface area contributed by atoms with Gasteiger partial charge in [0.2, 0.25) is 5.91 Å². The Morgan fingerprint density at radius 3 is 2.56 bits per heavy atom. The molecule has 1 aliphatic rings. The number of rotatable bonds is 6. The second-order valence-electron chi connectivity index (χ2n) is 8.94. The molecule has 6 heteroatoms. The second kappa shape index (κ2) is 9.67. The lowest BCUT2D eigenvalue weighted by Crippen LogP contribution is -2.48. The molecule has 0 bridgehead atoms. The molecule has 1 aliphatic heterocycles. The Kier molecular flexibility index (Phi) is 6.30. The molecule has 3 heterocycles. The van der Waals surface area contributed by atoms with E-state index in [1.165, 1.54) is 28.6 Å². The average Bonchev–Trinajstić information content (AvgIpc) is 3.23. The van der Waals surface area contributed by atoms with Gasteiger partial charge in [0.15, 0.2) is 0 Å². The van der Waals surface area contributed by atoms with Gasteiger partial charge in [-0.25, -0.2) is 4.39 Å². The van der Waals surface area contributed by atoms with E-state index in [2.05, 4.69) is 40.0 Å². The molecule has 4 aromatic rings. The summed E-state index contributed by atoms with van der Waals surface area (Å²) in [5, 5.41) is 1.21. The van der Waals surface area contributed by atoms with Crippen molar-refractivity contribution in [1.82, 2.24) is 14.9 Å². The highest BCUT2D eigenvalue weighted by Crippen LogP contribution is 2.31. The molecule has 34 heavy (non-hydrogen) atoms. The molecule has 1 fully saturated rings. The number of hydrogen-bond donors (Lipinski definition) is 1. The third-order valence-corrected chi connectivity index (χ3v) is 6.62. The number of H-pyrrole nitrogens is 1. The van der Waals surface area contributed by atoms with Crippen molar-refractivity contribution in [2.45, 2.75) is 26.2 Å². The van der Waals surface area contributed by atoms with E-state index in [0.717, 1.165) is 48.5 Å². The fourth-order valence-corrected chi connectivity index (χ4v) is 4.79. The van der Waals surface area contributed by atoms with Crippen molar-refractivity contribution >= 4 is 22.5 Å². The fourth-order valence-electron chi connectivity index (χ4n) is 4.79. The maximum atomic E-state index is 13.2. The second-order valence-corrected chi connectivity index (χ2v) is 8.94. The standard InChI is InChI=1S/C28H29FN4O/c1-20-8-13-25-24(19-20)23(28(31-25)26-6-2-3-14-30-26)5-4-7-27(34)33-17-15-32(16-18-33)22-11-9-21(29)10-12-22/h2-3,6,8-14,19,31H,4-5,7,15-18H2,1H3. The van der Waals surface area contributed by atoms with Gasteiger partial charge in [-0.05, 0) is 73.9 Å². The Bertz CT molecular complexity index is 1280. The van der Waals surface area contributed by atoms with Crippen LogP contribution in [-0.2, 0) is 11.2 Å². The Morgan fingerprint density at radius 2 is 1.82 bits per heavy atom. The van der Waals surface area contributed by atoms with E-state index in [4.69, 9.17) is 0 Å². The first-order valence-electron chi connectivity index (χ1n) is 11.9. The van der Waals surface area contributed by atoms with Gasteiger partial charge in [0, 0.05) is 55.4 Å². The van der Waals surface area contributed by atoms with E-state index >= 15 is 0 Å². The van der Waals surface area contributed by atoms with Crippen molar-refractivity contribution in [3.05, 3.63) is 83.8 Å². The number of amides is 1. The molecule has 2 aromatic carbocycles. The van der Waals surface area contributed by atoms with E-state index in [1.807, 2.05) is 29.3 Å². The van der Waals surface area contributed by atoms with Crippen LogP contribution < -0.4 is 4.90 Å². The number of nitrogens with one attached hydrogen (secondary N) is 1. The summed E-state index contributed by atoms with van der Waals surface area (Å²) < 4.78 is 13.2. The Hall–Kier alpha value is -3.67. The van der Waals surface area contributed by atoms with Gasteiger partial charge in [-0.1, -0.05) is 17.7 Å². The summed E-state index contributed by atoms with van der Waals surface area (Å²) in [6.45, 7) is 5.03. The molecule has 0 unspecified atom stereocenters. The molecule has 2 aromatic heterocycles. The van der Waals surface area contributed by atoms with E-state index in [9.17, 15) is 9.18 Å². The van der Waals surface area contributed by atoms with Crippen molar-refractivity contribution in [3.8, 4) is 11.4 Å². The minimum atomic E-state index is -0.228. The Labute approximate surface area is 199 Å². The molecule has 174 valence electrons. The Morgan fingerprint density at radius 1 is 1.03 bits per heavy atom. The van der Waals surface area contributed by atoms with E-state index in [1.54, 1.807) is 12.1 Å². The van der Waals surface area contributed by atoms with Crippen molar-refractivity contribution in [2.24, 2.45) is 0 Å². The summed E-state index contributed by atoms with van der Waals surface area (Å²) in [4.78, 5) is 25.2. The first kappa shape index (κ1) is 22.1. The number of pyridine rings is 1. The lowest BCUT2D eigenvalue weighted by Gasteiger charge is -2.36. The number of hydrogen-bond acceptors (Lipinski definition) is 3. The van der Waals surface area contributed by atoms with Gasteiger partial charge >= 0.3 is 0 Å². The van der Waals surface area contributed by atoms with Crippen LogP contribution in [0.25, 0.3) is 22.3 Å². The molecular formula is C28H29FN4O. The number of piperazine rings is 1. The predicted octanol–water partition coefficient (Wildman–Crippen LogP) is 5.35. The van der Waals surface area contributed by atoms with Gasteiger partial charge in [0.05, 0.1) is 11.4 Å². The minimum Gasteiger partial charge on any atom is -0.368 e. The van der Waals surface area contributed by atoms with E-state index in [0.29, 0.717) is 19.5 Å².